The number of anilines is 1. The van der Waals surface area contributed by atoms with Gasteiger partial charge in [-0.1, -0.05) is 59.7 Å². The fourth-order valence-electron chi connectivity index (χ4n) is 4.28. The molecule has 4 nitrogen and oxygen atoms in total. The third kappa shape index (κ3) is 2.54. The van der Waals surface area contributed by atoms with Crippen molar-refractivity contribution in [2.24, 2.45) is 11.8 Å². The van der Waals surface area contributed by atoms with E-state index in [0.29, 0.717) is 18.0 Å². The number of halogens is 6. The summed E-state index contributed by atoms with van der Waals surface area (Å²) in [6, 6.07) is 6.61. The summed E-state index contributed by atoms with van der Waals surface area (Å²) in [7, 11) is 0. The Morgan fingerprint density at radius 1 is 0.931 bits per heavy atom. The molecule has 0 aromatic heterocycles. The molecule has 29 heavy (non-hydrogen) atoms. The second-order valence-corrected chi connectivity index (χ2v) is 10.6. The van der Waals surface area contributed by atoms with E-state index in [-0.39, 0.29) is 10.1 Å². The van der Waals surface area contributed by atoms with Gasteiger partial charge in [0.1, 0.15) is 15.5 Å². The van der Waals surface area contributed by atoms with Crippen LogP contribution in [-0.2, 0) is 9.59 Å². The lowest BCUT2D eigenvalue weighted by atomic mass is 9.84. The lowest BCUT2D eigenvalue weighted by molar-refractivity contribution is -0.123. The van der Waals surface area contributed by atoms with E-state index in [9.17, 15) is 9.59 Å². The molecule has 2 bridgehead atoms. The number of imide groups is 1. The summed E-state index contributed by atoms with van der Waals surface area (Å²) < 4.78 is 3.69. The Kier molecular flexibility index (Phi) is 5.34. The maximum atomic E-state index is 13.3. The minimum atomic E-state index is -1.93. The van der Waals surface area contributed by atoms with Crippen molar-refractivity contribution < 1.29 is 14.3 Å². The molecule has 1 saturated heterocycles. The average molecular weight is 518 g/mol. The third-order valence-electron chi connectivity index (χ3n) is 5.77. The molecule has 1 aromatic rings. The van der Waals surface area contributed by atoms with Crippen molar-refractivity contribution in [1.82, 2.24) is 0 Å². The van der Waals surface area contributed by atoms with Crippen LogP contribution in [0.4, 0.5) is 5.69 Å². The van der Waals surface area contributed by atoms with Gasteiger partial charge in [0.2, 0.25) is 11.8 Å². The number of hydrogen-bond donors (Lipinski definition) is 0. The number of hydrogen-bond acceptors (Lipinski definition) is 3. The van der Waals surface area contributed by atoms with Gasteiger partial charge in [0, 0.05) is 0 Å². The van der Waals surface area contributed by atoms with Crippen molar-refractivity contribution in [1.29, 1.82) is 0 Å². The third-order valence-corrected chi connectivity index (χ3v) is 10.0. The quantitative estimate of drug-likeness (QED) is 0.281. The van der Waals surface area contributed by atoms with Gasteiger partial charge in [-0.15, -0.1) is 23.2 Å². The normalized spacial score (nSPS) is 34.9. The minimum Gasteiger partial charge on any atom is -0.494 e. The Labute approximate surface area is 197 Å². The van der Waals surface area contributed by atoms with Gasteiger partial charge in [0.05, 0.1) is 34.2 Å². The van der Waals surface area contributed by atoms with E-state index in [2.05, 4.69) is 6.92 Å². The van der Waals surface area contributed by atoms with Crippen molar-refractivity contribution in [2.75, 3.05) is 11.5 Å². The molecule has 0 unspecified atom stereocenters. The fourth-order valence-corrected chi connectivity index (χ4v) is 7.20. The predicted molar refractivity (Wildman–Crippen MR) is 117 cm³/mol. The lowest BCUT2D eigenvalue weighted by Gasteiger charge is -2.34. The summed E-state index contributed by atoms with van der Waals surface area (Å²) in [5.74, 6) is -2.80. The van der Waals surface area contributed by atoms with Crippen LogP contribution in [0.2, 0.25) is 0 Å². The zero-order chi connectivity index (χ0) is 21.4. The Bertz CT molecular complexity index is 886. The van der Waals surface area contributed by atoms with Crippen molar-refractivity contribution >= 4 is 87.1 Å². The SMILES string of the molecule is CCCCOc1ccc(N2C(=O)[C@@H]3[C@@H](C2=O)[C@@]2(Cl)C(Cl)=C(Cl)[C@@]3(Cl)C2(Cl)Cl)cc1. The standard InChI is InChI=1S/C19H15Cl6NO3/c1-2-3-8-29-10-6-4-9(5-7-10)26-15(27)11-12(16(26)28)18(23)14(21)13(20)17(11,22)19(18,24)25/h4-7,11-12H,2-3,8H2,1H3/t11-,12-,17+,18+/m0/s1. The lowest BCUT2D eigenvalue weighted by Crippen LogP contribution is -2.50. The van der Waals surface area contributed by atoms with Gasteiger partial charge >= 0.3 is 0 Å². The molecule has 156 valence electrons. The molecule has 4 atom stereocenters. The maximum Gasteiger partial charge on any atom is 0.240 e. The molecule has 1 aromatic carbocycles. The number of nitrogens with zero attached hydrogens (tertiary/aromatic N) is 1. The number of allylic oxidation sites excluding steroid dienone is 2. The molecular formula is C19H15Cl6NO3. The van der Waals surface area contributed by atoms with E-state index in [4.69, 9.17) is 74.3 Å². The number of carbonyl (C=O) groups excluding carboxylic acids is 2. The molecule has 0 N–H and O–H groups in total. The van der Waals surface area contributed by atoms with Gasteiger partial charge in [0.15, 0.2) is 4.33 Å². The first-order valence-electron chi connectivity index (χ1n) is 8.97. The van der Waals surface area contributed by atoms with Crippen LogP contribution in [0, 0.1) is 11.8 Å². The zero-order valence-electron chi connectivity index (χ0n) is 15.0. The van der Waals surface area contributed by atoms with Crippen LogP contribution in [0.15, 0.2) is 34.3 Å². The number of amides is 2. The monoisotopic (exact) mass is 515 g/mol. The Hall–Kier alpha value is -0.360. The molecule has 1 saturated carbocycles. The van der Waals surface area contributed by atoms with Gasteiger partial charge in [-0.05, 0) is 30.7 Å². The smallest absolute Gasteiger partial charge is 0.240 e. The molecule has 10 heteroatoms. The first-order valence-corrected chi connectivity index (χ1v) is 11.2. The largest absolute Gasteiger partial charge is 0.494 e. The highest BCUT2D eigenvalue weighted by molar-refractivity contribution is 6.67. The Balaban J connectivity index is 1.69. The summed E-state index contributed by atoms with van der Waals surface area (Å²) in [6.07, 6.45) is 1.94. The molecule has 4 rings (SSSR count). The van der Waals surface area contributed by atoms with E-state index in [1.807, 2.05) is 0 Å². The Morgan fingerprint density at radius 3 is 1.86 bits per heavy atom. The molecule has 2 fully saturated rings. The molecule has 2 aliphatic carbocycles. The van der Waals surface area contributed by atoms with Crippen LogP contribution in [-0.4, -0.2) is 32.5 Å². The number of ether oxygens (including phenoxy) is 1. The molecule has 3 aliphatic rings. The first kappa shape index (κ1) is 21.9. The summed E-state index contributed by atoms with van der Waals surface area (Å²) in [5.41, 5.74) is 0.360. The van der Waals surface area contributed by atoms with Crippen LogP contribution in [0.25, 0.3) is 0 Å². The van der Waals surface area contributed by atoms with E-state index < -0.39 is 37.7 Å². The van der Waals surface area contributed by atoms with Crippen LogP contribution >= 0.6 is 69.6 Å². The van der Waals surface area contributed by atoms with Crippen molar-refractivity contribution in [3.05, 3.63) is 34.3 Å². The number of carbonyl (C=O) groups is 2. The number of alkyl halides is 4. The summed E-state index contributed by atoms with van der Waals surface area (Å²) in [4.78, 5) is 24.0. The second kappa shape index (κ2) is 7.08. The van der Waals surface area contributed by atoms with Crippen molar-refractivity contribution in [3.63, 3.8) is 0 Å². The van der Waals surface area contributed by atoms with Crippen molar-refractivity contribution in [3.8, 4) is 5.75 Å². The van der Waals surface area contributed by atoms with Gasteiger partial charge in [-0.25, -0.2) is 4.90 Å². The van der Waals surface area contributed by atoms with Gasteiger partial charge in [-0.2, -0.15) is 0 Å². The van der Waals surface area contributed by atoms with Crippen LogP contribution in [0.3, 0.4) is 0 Å². The molecule has 2 amide bonds. The maximum absolute atomic E-state index is 13.3. The minimum absolute atomic E-state index is 0.107. The molecule has 1 heterocycles. The Morgan fingerprint density at radius 2 is 1.41 bits per heavy atom. The summed E-state index contributed by atoms with van der Waals surface area (Å²) in [6.45, 7) is 2.65. The van der Waals surface area contributed by atoms with E-state index >= 15 is 0 Å². The van der Waals surface area contributed by atoms with Crippen LogP contribution in [0.1, 0.15) is 19.8 Å². The fraction of sp³-hybridized carbons (Fsp3) is 0.474. The number of fused-ring (bicyclic) bond motifs is 5. The highest BCUT2D eigenvalue weighted by Crippen LogP contribution is 2.77. The highest BCUT2D eigenvalue weighted by atomic mass is 35.5. The number of rotatable bonds is 5. The van der Waals surface area contributed by atoms with Gasteiger partial charge in [-0.3, -0.25) is 9.59 Å². The van der Waals surface area contributed by atoms with E-state index in [1.54, 1.807) is 24.3 Å². The summed E-state index contributed by atoms with van der Waals surface area (Å²) >= 11 is 38.9. The van der Waals surface area contributed by atoms with Crippen LogP contribution < -0.4 is 9.64 Å². The van der Waals surface area contributed by atoms with E-state index in [0.717, 1.165) is 17.7 Å². The molecule has 1 aliphatic heterocycles. The van der Waals surface area contributed by atoms with Crippen LogP contribution in [0.5, 0.6) is 5.75 Å². The average Bonchev–Trinajstić information content (AvgIpc) is 3.07. The molecule has 0 radical (unpaired) electrons. The number of unbranched alkanes of at least 4 members (excludes halogenated alkanes) is 1. The predicted octanol–water partition coefficient (Wildman–Crippen LogP) is 5.82. The van der Waals surface area contributed by atoms with Gasteiger partial charge < -0.3 is 4.74 Å². The molecular weight excluding hydrogens is 503 g/mol. The highest BCUT2D eigenvalue weighted by Gasteiger charge is 2.87. The molecule has 0 spiro atoms. The van der Waals surface area contributed by atoms with Gasteiger partial charge in [0.25, 0.3) is 0 Å². The zero-order valence-corrected chi connectivity index (χ0v) is 19.6. The van der Waals surface area contributed by atoms with E-state index in [1.165, 1.54) is 0 Å². The summed E-state index contributed by atoms with van der Waals surface area (Å²) in [5, 5.41) is -0.213. The van der Waals surface area contributed by atoms with Crippen molar-refractivity contribution in [2.45, 2.75) is 33.8 Å². The first-order chi connectivity index (χ1) is 13.5. The number of benzene rings is 1. The second-order valence-electron chi connectivity index (χ2n) is 7.29. The topological polar surface area (TPSA) is 46.6 Å².